The van der Waals surface area contributed by atoms with Gasteiger partial charge >= 0.3 is 6.61 Å². The fraction of sp³-hybridized carbons (Fsp3) is 0.200. The molecule has 0 fully saturated rings. The zero-order chi connectivity index (χ0) is 15.6. The van der Waals surface area contributed by atoms with Crippen LogP contribution in [0.15, 0.2) is 36.4 Å². The molecule has 0 spiro atoms. The third-order valence-electron chi connectivity index (χ3n) is 2.95. The van der Waals surface area contributed by atoms with E-state index in [1.807, 2.05) is 0 Å². The molecule has 2 aromatic rings. The van der Waals surface area contributed by atoms with E-state index in [2.05, 4.69) is 20.7 Å². The van der Waals surface area contributed by atoms with Crippen LogP contribution in [0.25, 0.3) is 0 Å². The Morgan fingerprint density at radius 3 is 2.19 bits per heavy atom. The van der Waals surface area contributed by atoms with Crippen LogP contribution in [-0.2, 0) is 0 Å². The van der Waals surface area contributed by atoms with Gasteiger partial charge in [-0.3, -0.25) is 0 Å². The number of hydrogen-bond donors (Lipinski definition) is 0. The third-order valence-corrected chi connectivity index (χ3v) is 3.97. The summed E-state index contributed by atoms with van der Waals surface area (Å²) in [6.07, 6.45) is 0. The van der Waals surface area contributed by atoms with Crippen LogP contribution in [0.4, 0.5) is 17.6 Å². The third kappa shape index (κ3) is 3.75. The van der Waals surface area contributed by atoms with E-state index in [1.54, 1.807) is 0 Å². The molecule has 0 aliphatic heterocycles. The van der Waals surface area contributed by atoms with Gasteiger partial charge in [-0.1, -0.05) is 28.1 Å². The van der Waals surface area contributed by atoms with E-state index in [-0.39, 0.29) is 16.9 Å². The molecule has 2 aromatic carbocycles. The molecule has 1 nitrogen and oxygen atoms in total. The van der Waals surface area contributed by atoms with E-state index in [1.165, 1.54) is 31.2 Å². The van der Waals surface area contributed by atoms with E-state index in [0.29, 0.717) is 5.56 Å². The Labute approximate surface area is 127 Å². The smallest absolute Gasteiger partial charge is 0.387 e. The topological polar surface area (TPSA) is 9.23 Å². The first-order valence-electron chi connectivity index (χ1n) is 6.03. The number of benzene rings is 2. The second kappa shape index (κ2) is 6.47. The number of halogens is 5. The quantitative estimate of drug-likeness (QED) is 0.525. The summed E-state index contributed by atoms with van der Waals surface area (Å²) in [5, 5.41) is 0. The van der Waals surface area contributed by atoms with Crippen LogP contribution in [0.2, 0.25) is 0 Å². The highest BCUT2D eigenvalue weighted by molar-refractivity contribution is 9.09. The highest BCUT2D eigenvalue weighted by Crippen LogP contribution is 2.34. The Morgan fingerprint density at radius 1 is 1.00 bits per heavy atom. The predicted octanol–water partition coefficient (Wildman–Crippen LogP) is 5.36. The highest BCUT2D eigenvalue weighted by atomic mass is 79.9. The molecule has 0 saturated carbocycles. The molecule has 0 aromatic heterocycles. The van der Waals surface area contributed by atoms with Crippen molar-refractivity contribution in [2.24, 2.45) is 0 Å². The SMILES string of the molecule is Cc1cc(F)c(C(Br)c2ccc(OC(F)F)cc2)cc1F. The van der Waals surface area contributed by atoms with E-state index in [4.69, 9.17) is 0 Å². The van der Waals surface area contributed by atoms with Crippen LogP contribution in [0.5, 0.6) is 5.75 Å². The molecule has 0 radical (unpaired) electrons. The van der Waals surface area contributed by atoms with Crippen LogP contribution < -0.4 is 4.74 Å². The average molecular weight is 363 g/mol. The molecule has 2 rings (SSSR count). The number of aryl methyl sites for hydroxylation is 1. The van der Waals surface area contributed by atoms with Crippen molar-refractivity contribution in [3.63, 3.8) is 0 Å². The molecule has 0 aliphatic carbocycles. The summed E-state index contributed by atoms with van der Waals surface area (Å²) in [5.41, 5.74) is 0.955. The summed E-state index contributed by atoms with van der Waals surface area (Å²) in [7, 11) is 0. The van der Waals surface area contributed by atoms with E-state index >= 15 is 0 Å². The molecule has 0 N–H and O–H groups in total. The molecule has 112 valence electrons. The minimum absolute atomic E-state index is 0.00371. The Kier molecular flexibility index (Phi) is 4.88. The maximum Gasteiger partial charge on any atom is 0.387 e. The second-order valence-corrected chi connectivity index (χ2v) is 5.35. The second-order valence-electron chi connectivity index (χ2n) is 4.43. The Morgan fingerprint density at radius 2 is 1.62 bits per heavy atom. The summed E-state index contributed by atoms with van der Waals surface area (Å²) >= 11 is 3.28. The first kappa shape index (κ1) is 15.8. The highest BCUT2D eigenvalue weighted by Gasteiger charge is 2.17. The first-order valence-corrected chi connectivity index (χ1v) is 6.94. The van der Waals surface area contributed by atoms with Gasteiger partial charge in [0.1, 0.15) is 17.4 Å². The van der Waals surface area contributed by atoms with Crippen molar-refractivity contribution in [2.75, 3.05) is 0 Å². The summed E-state index contributed by atoms with van der Waals surface area (Å²) in [6.45, 7) is -1.43. The fourth-order valence-electron chi connectivity index (χ4n) is 1.85. The van der Waals surface area contributed by atoms with E-state index < -0.39 is 23.1 Å². The molecule has 6 heteroatoms. The van der Waals surface area contributed by atoms with Gasteiger partial charge < -0.3 is 4.74 Å². The largest absolute Gasteiger partial charge is 0.435 e. The summed E-state index contributed by atoms with van der Waals surface area (Å²) in [5.74, 6) is -1.04. The zero-order valence-electron chi connectivity index (χ0n) is 10.9. The van der Waals surface area contributed by atoms with Gasteiger partial charge in [-0.2, -0.15) is 8.78 Å². The van der Waals surface area contributed by atoms with Crippen LogP contribution in [0, 0.1) is 18.6 Å². The Bertz CT molecular complexity index is 628. The summed E-state index contributed by atoms with van der Waals surface area (Å²) in [6, 6.07) is 7.94. The maximum absolute atomic E-state index is 13.9. The first-order chi connectivity index (χ1) is 9.88. The zero-order valence-corrected chi connectivity index (χ0v) is 12.5. The molecule has 21 heavy (non-hydrogen) atoms. The van der Waals surface area contributed by atoms with Crippen LogP contribution in [-0.4, -0.2) is 6.61 Å². The summed E-state index contributed by atoms with van der Waals surface area (Å²) < 4.78 is 55.8. The van der Waals surface area contributed by atoms with E-state index in [0.717, 1.165) is 12.1 Å². The Hall–Kier alpha value is -1.56. The van der Waals surface area contributed by atoms with Crippen molar-refractivity contribution in [1.29, 1.82) is 0 Å². The van der Waals surface area contributed by atoms with Crippen molar-refractivity contribution in [1.82, 2.24) is 0 Å². The number of alkyl halides is 3. The molecular weight excluding hydrogens is 352 g/mol. The normalized spacial score (nSPS) is 12.5. The number of ether oxygens (including phenoxy) is 1. The van der Waals surface area contributed by atoms with E-state index in [9.17, 15) is 17.6 Å². The molecule has 0 heterocycles. The predicted molar refractivity (Wildman–Crippen MR) is 74.9 cm³/mol. The van der Waals surface area contributed by atoms with Crippen LogP contribution >= 0.6 is 15.9 Å². The molecule has 1 unspecified atom stereocenters. The lowest BCUT2D eigenvalue weighted by Crippen LogP contribution is -2.02. The van der Waals surface area contributed by atoms with Crippen molar-refractivity contribution in [2.45, 2.75) is 18.4 Å². The maximum atomic E-state index is 13.9. The average Bonchev–Trinajstić information content (AvgIpc) is 2.42. The lowest BCUT2D eigenvalue weighted by molar-refractivity contribution is -0.0498. The molecule has 1 atom stereocenters. The standard InChI is InChI=1S/C15H11BrF4O/c1-8-6-13(18)11(7-12(8)17)14(16)9-2-4-10(5-3-9)21-15(19)20/h2-7,14-15H,1H3. The van der Waals surface area contributed by atoms with Gasteiger partial charge in [-0.05, 0) is 42.3 Å². The van der Waals surface area contributed by atoms with Crippen molar-refractivity contribution in [3.05, 3.63) is 64.7 Å². The molecular formula is C15H11BrF4O. The fourth-order valence-corrected chi connectivity index (χ4v) is 2.51. The Balaban J connectivity index is 2.27. The van der Waals surface area contributed by atoms with Crippen molar-refractivity contribution in [3.8, 4) is 5.75 Å². The minimum atomic E-state index is -2.90. The molecule has 0 bridgehead atoms. The molecule has 0 aliphatic rings. The van der Waals surface area contributed by atoms with Crippen molar-refractivity contribution < 1.29 is 22.3 Å². The van der Waals surface area contributed by atoms with Crippen LogP contribution in [0.3, 0.4) is 0 Å². The van der Waals surface area contributed by atoms with Gasteiger partial charge in [0.2, 0.25) is 0 Å². The molecule has 0 amide bonds. The van der Waals surface area contributed by atoms with Gasteiger partial charge in [-0.15, -0.1) is 0 Å². The lowest BCUT2D eigenvalue weighted by Gasteiger charge is -2.13. The lowest BCUT2D eigenvalue weighted by atomic mass is 10.0. The van der Waals surface area contributed by atoms with Gasteiger partial charge in [0.15, 0.2) is 0 Å². The van der Waals surface area contributed by atoms with Gasteiger partial charge in [0.25, 0.3) is 0 Å². The summed E-state index contributed by atoms with van der Waals surface area (Å²) in [4.78, 5) is -0.590. The van der Waals surface area contributed by atoms with Gasteiger partial charge in [-0.25, -0.2) is 8.78 Å². The van der Waals surface area contributed by atoms with Gasteiger partial charge in [0.05, 0.1) is 4.83 Å². The minimum Gasteiger partial charge on any atom is -0.435 e. The number of rotatable bonds is 4. The number of hydrogen-bond acceptors (Lipinski definition) is 1. The van der Waals surface area contributed by atoms with Crippen molar-refractivity contribution >= 4 is 15.9 Å². The molecule has 0 saturated heterocycles. The van der Waals surface area contributed by atoms with Crippen LogP contribution in [0.1, 0.15) is 21.5 Å². The van der Waals surface area contributed by atoms with Gasteiger partial charge in [0, 0.05) is 5.56 Å². The monoisotopic (exact) mass is 362 g/mol.